The summed E-state index contributed by atoms with van der Waals surface area (Å²) in [7, 11) is 0. The maximum atomic E-state index is 13.3. The molecule has 1 fully saturated rings. The molecule has 1 aromatic heterocycles. The van der Waals surface area contributed by atoms with E-state index in [4.69, 9.17) is 9.47 Å². The highest BCUT2D eigenvalue weighted by molar-refractivity contribution is 8.00. The van der Waals surface area contributed by atoms with Gasteiger partial charge in [0.05, 0.1) is 17.6 Å². The van der Waals surface area contributed by atoms with E-state index in [2.05, 4.69) is 10.3 Å². The number of rotatable bonds is 9. The molecule has 3 heterocycles. The lowest BCUT2D eigenvalue weighted by atomic mass is 9.83. The molecule has 3 amide bonds. The predicted octanol–water partition coefficient (Wildman–Crippen LogP) is 2.53. The van der Waals surface area contributed by atoms with Gasteiger partial charge in [-0.15, -0.1) is 0 Å². The second kappa shape index (κ2) is 10.9. The van der Waals surface area contributed by atoms with Crippen molar-refractivity contribution in [3.05, 3.63) is 68.6 Å². The summed E-state index contributed by atoms with van der Waals surface area (Å²) in [4.78, 5) is 66.1. The number of anilines is 1. The summed E-state index contributed by atoms with van der Waals surface area (Å²) in [5, 5.41) is 11.6. The van der Waals surface area contributed by atoms with Gasteiger partial charge in [0.25, 0.3) is 5.91 Å². The van der Waals surface area contributed by atoms with E-state index in [1.54, 1.807) is 49.4 Å². The maximum absolute atomic E-state index is 13.3. The first-order valence-corrected chi connectivity index (χ1v) is 13.7. The summed E-state index contributed by atoms with van der Waals surface area (Å²) in [5.74, 6) is -3.84. The number of amides is 3. The van der Waals surface area contributed by atoms with Crippen LogP contribution in [0.4, 0.5) is 5.69 Å². The molecule has 2 unspecified atom stereocenters. The van der Waals surface area contributed by atoms with Gasteiger partial charge >= 0.3 is 10.8 Å². The number of carboxylic acids is 1. The van der Waals surface area contributed by atoms with Crippen molar-refractivity contribution >= 4 is 52.5 Å². The number of nitrogens with zero attached hydrogens (tertiary/aromatic N) is 1. The van der Waals surface area contributed by atoms with Crippen LogP contribution in [0.3, 0.4) is 0 Å². The number of aliphatic carboxylic acids is 1. The van der Waals surface area contributed by atoms with Crippen LogP contribution in [0, 0.1) is 5.92 Å². The quantitative estimate of drug-likeness (QED) is 0.330. The lowest BCUT2D eigenvalue weighted by molar-refractivity contribution is -0.149. The second-order valence-corrected chi connectivity index (χ2v) is 10.9. The fourth-order valence-electron chi connectivity index (χ4n) is 4.69. The van der Waals surface area contributed by atoms with Crippen molar-refractivity contribution in [1.82, 2.24) is 9.88 Å². The number of H-pyrrole nitrogens is 1. The monoisotopic (exact) mass is 569 g/mol. The molecule has 3 atom stereocenters. The van der Waals surface area contributed by atoms with Crippen LogP contribution < -0.4 is 19.7 Å². The summed E-state index contributed by atoms with van der Waals surface area (Å²) in [6.45, 7) is 1.06. The number of likely N-dealkylation sites (tertiary alicyclic amines) is 1. The van der Waals surface area contributed by atoms with Crippen molar-refractivity contribution in [1.29, 1.82) is 0 Å². The van der Waals surface area contributed by atoms with Gasteiger partial charge in [0.2, 0.25) is 11.8 Å². The van der Waals surface area contributed by atoms with Crippen molar-refractivity contribution in [2.24, 2.45) is 5.92 Å². The molecular weight excluding hydrogens is 546 g/mol. The molecule has 0 bridgehead atoms. The van der Waals surface area contributed by atoms with Crippen molar-refractivity contribution in [2.75, 3.05) is 25.1 Å². The Morgan fingerprint density at radius 3 is 2.54 bits per heavy atom. The van der Waals surface area contributed by atoms with E-state index in [1.807, 2.05) is 6.07 Å². The Morgan fingerprint density at radius 1 is 1.05 bits per heavy atom. The molecule has 0 saturated carbocycles. The molecule has 0 spiro atoms. The molecule has 11 nitrogen and oxygen atoms in total. The van der Waals surface area contributed by atoms with Crippen molar-refractivity contribution in [3.63, 3.8) is 0 Å². The van der Waals surface area contributed by atoms with Gasteiger partial charge in [-0.3, -0.25) is 28.9 Å². The van der Waals surface area contributed by atoms with Gasteiger partial charge in [0, 0.05) is 16.5 Å². The topological polar surface area (TPSA) is 155 Å². The largest absolute Gasteiger partial charge is 0.490 e. The van der Waals surface area contributed by atoms with Crippen molar-refractivity contribution in [2.45, 2.75) is 23.1 Å². The lowest BCUT2D eigenvalue weighted by Gasteiger charge is -2.30. The van der Waals surface area contributed by atoms with Gasteiger partial charge in [0.15, 0.2) is 18.1 Å². The third kappa shape index (κ3) is 5.27. The molecule has 202 valence electrons. The van der Waals surface area contributed by atoms with E-state index in [9.17, 15) is 29.1 Å². The summed E-state index contributed by atoms with van der Waals surface area (Å²) >= 11 is 2.01. The van der Waals surface area contributed by atoms with Crippen LogP contribution in [-0.2, 0) is 19.2 Å². The van der Waals surface area contributed by atoms with Crippen LogP contribution in [0.5, 0.6) is 11.5 Å². The van der Waals surface area contributed by atoms with Crippen LogP contribution in [0.25, 0.3) is 0 Å². The highest BCUT2D eigenvalue weighted by atomic mass is 32.2. The fraction of sp³-hybridized carbons (Fsp3) is 0.269. The molecule has 2 aromatic carbocycles. The third-order valence-corrected chi connectivity index (χ3v) is 8.65. The molecule has 5 rings (SSSR count). The van der Waals surface area contributed by atoms with Crippen LogP contribution in [0.15, 0.2) is 58.4 Å². The molecule has 39 heavy (non-hydrogen) atoms. The fourth-order valence-corrected chi connectivity index (χ4v) is 7.23. The normalized spacial score (nSPS) is 19.8. The highest BCUT2D eigenvalue weighted by Crippen LogP contribution is 2.53. The molecule has 0 aliphatic carbocycles. The molecule has 0 radical (unpaired) electrons. The summed E-state index contributed by atoms with van der Waals surface area (Å²) < 4.78 is 11.5. The van der Waals surface area contributed by atoms with E-state index < -0.39 is 41.4 Å². The number of nitrogens with one attached hydrogen (secondary N) is 2. The summed E-state index contributed by atoms with van der Waals surface area (Å²) in [5.41, 5.74) is 1.22. The molecular formula is C26H23N3O8S2. The molecule has 2 aliphatic heterocycles. The zero-order valence-corrected chi connectivity index (χ0v) is 22.2. The Morgan fingerprint density at radius 2 is 1.82 bits per heavy atom. The van der Waals surface area contributed by atoms with Gasteiger partial charge in [-0.05, 0) is 36.8 Å². The number of ether oxygens (including phenoxy) is 2. The minimum atomic E-state index is -1.29. The molecule has 2 aliphatic rings. The maximum Gasteiger partial charge on any atom is 0.323 e. The summed E-state index contributed by atoms with van der Waals surface area (Å²) in [6, 6.07) is 13.9. The predicted molar refractivity (Wildman–Crippen MR) is 142 cm³/mol. The average Bonchev–Trinajstić information content (AvgIpc) is 3.39. The first-order chi connectivity index (χ1) is 18.8. The molecule has 3 aromatic rings. The zero-order valence-electron chi connectivity index (χ0n) is 20.5. The van der Waals surface area contributed by atoms with Gasteiger partial charge in [0.1, 0.15) is 11.8 Å². The number of carbonyl (C=O) groups excluding carboxylic acids is 3. The standard InChI is InChI=1S/C26H23N3O8S2/c1-2-36-16-10-13(8-9-15(16)37-12-17(30)27-14-6-4-3-5-7-14)19-20-22(38-23-21(19)39-26(35)28-23)25(34)29(24(20)33)11-18(31)32/h3-10,19-20,22H,2,11-12H2,1H3,(H,27,30)(H,28,35)(H,31,32)/t19-,20?,22?/m0/s1. The zero-order chi connectivity index (χ0) is 27.7. The second-order valence-electron chi connectivity index (χ2n) is 8.75. The van der Waals surface area contributed by atoms with E-state index >= 15 is 0 Å². The molecule has 3 N–H and O–H groups in total. The smallest absolute Gasteiger partial charge is 0.323 e. The number of carbonyl (C=O) groups is 4. The number of hydrogen-bond donors (Lipinski definition) is 3. The third-order valence-electron chi connectivity index (χ3n) is 6.25. The Balaban J connectivity index is 1.45. The number of thiazole rings is 1. The minimum Gasteiger partial charge on any atom is -0.490 e. The minimum absolute atomic E-state index is 0.278. The lowest BCUT2D eigenvalue weighted by Crippen LogP contribution is -2.36. The van der Waals surface area contributed by atoms with E-state index in [0.717, 1.165) is 28.0 Å². The van der Waals surface area contributed by atoms with E-state index in [0.29, 0.717) is 32.7 Å². The van der Waals surface area contributed by atoms with Crippen LogP contribution in [0.2, 0.25) is 0 Å². The van der Waals surface area contributed by atoms with Crippen molar-refractivity contribution in [3.8, 4) is 11.5 Å². The molecule has 1 saturated heterocycles. The van der Waals surface area contributed by atoms with Gasteiger partial charge in [-0.25, -0.2) is 0 Å². The van der Waals surface area contributed by atoms with Gasteiger partial charge < -0.3 is 24.9 Å². The van der Waals surface area contributed by atoms with Crippen molar-refractivity contribution < 1.29 is 33.8 Å². The van der Waals surface area contributed by atoms with E-state index in [-0.39, 0.29) is 24.0 Å². The Kier molecular flexibility index (Phi) is 7.44. The summed E-state index contributed by atoms with van der Waals surface area (Å²) in [6.07, 6.45) is 0. The van der Waals surface area contributed by atoms with Crippen LogP contribution in [0.1, 0.15) is 23.3 Å². The Bertz CT molecular complexity index is 1500. The average molecular weight is 570 g/mol. The Labute approximate surface area is 230 Å². The molecule has 13 heteroatoms. The SMILES string of the molecule is CCOc1cc([C@@H]2c3sc(=O)[nH]c3SC3C(=O)N(CC(=O)O)C(=O)C32)ccc1OCC(=O)Nc1ccccc1. The number of carboxylic acid groups (broad SMARTS) is 1. The first kappa shape index (κ1) is 26.5. The number of benzene rings is 2. The number of imide groups is 1. The Hall–Kier alpha value is -4.10. The van der Waals surface area contributed by atoms with E-state index in [1.165, 1.54) is 0 Å². The van der Waals surface area contributed by atoms with Crippen LogP contribution in [-0.4, -0.2) is 63.7 Å². The number of aromatic amines is 1. The number of para-hydroxylation sites is 1. The first-order valence-electron chi connectivity index (χ1n) is 12.0. The van der Waals surface area contributed by atoms with Gasteiger partial charge in [-0.2, -0.15) is 0 Å². The van der Waals surface area contributed by atoms with Gasteiger partial charge in [-0.1, -0.05) is 47.4 Å². The van der Waals surface area contributed by atoms with Crippen LogP contribution >= 0.6 is 23.1 Å². The number of thioether (sulfide) groups is 1. The number of fused-ring (bicyclic) bond motifs is 2. The number of aromatic nitrogens is 1. The highest BCUT2D eigenvalue weighted by Gasteiger charge is 2.56. The number of hydrogen-bond acceptors (Lipinski definition) is 9.